The molecular weight excluding hydrogens is 188 g/mol. The van der Waals surface area contributed by atoms with Crippen LogP contribution in [-0.4, -0.2) is 25.5 Å². The molecule has 1 aliphatic rings. The minimum absolute atomic E-state index is 0.215. The topological polar surface area (TPSA) is 23.3 Å². The molecule has 1 amide bonds. The van der Waals surface area contributed by atoms with Crippen LogP contribution in [0.5, 0.6) is 0 Å². The van der Waals surface area contributed by atoms with Crippen molar-refractivity contribution >= 4 is 17.3 Å². The maximum atomic E-state index is 11.0. The molecule has 0 aromatic heterocycles. The van der Waals surface area contributed by atoms with Gasteiger partial charge in [-0.3, -0.25) is 4.79 Å². The Balaban J connectivity index is 2.22. The molecule has 0 spiro atoms. The van der Waals surface area contributed by atoms with Crippen molar-refractivity contribution in [3.8, 4) is 0 Å². The average molecular weight is 204 g/mol. The van der Waals surface area contributed by atoms with Gasteiger partial charge in [0.2, 0.25) is 5.91 Å². The lowest BCUT2D eigenvalue weighted by atomic mass is 10.2. The number of nitrogens with zero attached hydrogens (tertiary/aromatic N) is 2. The Morgan fingerprint density at radius 3 is 2.53 bits per heavy atom. The van der Waals surface area contributed by atoms with Crippen molar-refractivity contribution in [1.29, 1.82) is 0 Å². The molecule has 0 aliphatic carbocycles. The van der Waals surface area contributed by atoms with Gasteiger partial charge in [-0.1, -0.05) is 6.07 Å². The van der Waals surface area contributed by atoms with Crippen LogP contribution in [0.4, 0.5) is 11.4 Å². The van der Waals surface area contributed by atoms with E-state index in [0.717, 1.165) is 18.8 Å². The van der Waals surface area contributed by atoms with E-state index in [1.807, 2.05) is 12.1 Å². The summed E-state index contributed by atoms with van der Waals surface area (Å²) in [4.78, 5) is 15.1. The molecule has 15 heavy (non-hydrogen) atoms. The maximum absolute atomic E-state index is 11.0. The van der Waals surface area contributed by atoms with Gasteiger partial charge in [0, 0.05) is 24.5 Å². The summed E-state index contributed by atoms with van der Waals surface area (Å²) >= 11 is 0. The summed E-state index contributed by atoms with van der Waals surface area (Å²) < 4.78 is 0. The number of carbonyl (C=O) groups excluding carboxylic acids is 1. The van der Waals surface area contributed by atoms with Gasteiger partial charge in [0.15, 0.2) is 0 Å². The zero-order chi connectivity index (χ0) is 10.8. The van der Waals surface area contributed by atoms with Gasteiger partial charge in [0.25, 0.3) is 0 Å². The number of hydrogen-bond acceptors (Lipinski definition) is 2. The molecule has 1 saturated heterocycles. The molecule has 0 saturated carbocycles. The highest BCUT2D eigenvalue weighted by atomic mass is 16.2. The molecule has 0 unspecified atom stereocenters. The van der Waals surface area contributed by atoms with E-state index < -0.39 is 0 Å². The zero-order valence-electron chi connectivity index (χ0n) is 9.23. The van der Waals surface area contributed by atoms with E-state index in [-0.39, 0.29) is 5.91 Å². The van der Waals surface area contributed by atoms with E-state index in [1.54, 1.807) is 4.90 Å². The van der Waals surface area contributed by atoms with Gasteiger partial charge in [-0.2, -0.15) is 0 Å². The third-order valence-corrected chi connectivity index (χ3v) is 2.76. The van der Waals surface area contributed by atoms with Gasteiger partial charge in [-0.25, -0.2) is 0 Å². The molecule has 0 N–H and O–H groups in total. The second kappa shape index (κ2) is 3.93. The van der Waals surface area contributed by atoms with E-state index in [4.69, 9.17) is 0 Å². The summed E-state index contributed by atoms with van der Waals surface area (Å²) in [6.07, 6.45) is 0. The van der Waals surface area contributed by atoms with Gasteiger partial charge in [-0.15, -0.1) is 0 Å². The van der Waals surface area contributed by atoms with Crippen LogP contribution in [0.25, 0.3) is 0 Å². The molecule has 1 fully saturated rings. The second-order valence-corrected chi connectivity index (χ2v) is 3.67. The van der Waals surface area contributed by atoms with Crippen LogP contribution in [0.15, 0.2) is 24.3 Å². The monoisotopic (exact) mass is 204 g/mol. The van der Waals surface area contributed by atoms with Crippen LogP contribution in [0, 0.1) is 0 Å². The molecule has 1 aromatic carbocycles. The maximum Gasteiger partial charge on any atom is 0.247 e. The van der Waals surface area contributed by atoms with Crippen LogP contribution >= 0.6 is 0 Å². The first-order chi connectivity index (χ1) is 7.26. The van der Waals surface area contributed by atoms with Crippen LogP contribution < -0.4 is 9.80 Å². The van der Waals surface area contributed by atoms with Crippen LogP contribution in [0.3, 0.4) is 0 Å². The molecule has 0 atom stereocenters. The lowest BCUT2D eigenvalue weighted by Crippen LogP contribution is -2.21. The first kappa shape index (κ1) is 10.0. The molecule has 2 rings (SSSR count). The van der Waals surface area contributed by atoms with Crippen molar-refractivity contribution < 1.29 is 4.79 Å². The van der Waals surface area contributed by atoms with Gasteiger partial charge < -0.3 is 9.80 Å². The summed E-state index contributed by atoms with van der Waals surface area (Å²) in [5.41, 5.74) is 2.21. The highest BCUT2D eigenvalue weighted by Crippen LogP contribution is 2.26. The zero-order valence-corrected chi connectivity index (χ0v) is 9.23. The SMILES string of the molecule is CCN(CC)c1cccc(N2CC2=O)c1. The lowest BCUT2D eigenvalue weighted by molar-refractivity contribution is -0.109. The largest absolute Gasteiger partial charge is 0.372 e. The van der Waals surface area contributed by atoms with Crippen molar-refractivity contribution in [2.24, 2.45) is 0 Å². The predicted octanol–water partition coefficient (Wildman–Crippen LogP) is 1.88. The van der Waals surface area contributed by atoms with Crippen LogP contribution in [0.2, 0.25) is 0 Å². The fourth-order valence-electron chi connectivity index (χ4n) is 1.78. The number of anilines is 2. The van der Waals surface area contributed by atoms with Crippen molar-refractivity contribution in [3.05, 3.63) is 24.3 Å². The normalized spacial score (nSPS) is 14.3. The fraction of sp³-hybridized carbons (Fsp3) is 0.417. The molecule has 0 bridgehead atoms. The Hall–Kier alpha value is -1.51. The molecule has 1 aliphatic heterocycles. The molecule has 1 heterocycles. The van der Waals surface area contributed by atoms with Crippen LogP contribution in [-0.2, 0) is 4.79 Å². The van der Waals surface area contributed by atoms with Gasteiger partial charge in [0.1, 0.15) is 6.54 Å². The Morgan fingerprint density at radius 2 is 2.00 bits per heavy atom. The van der Waals surface area contributed by atoms with Crippen molar-refractivity contribution in [2.75, 3.05) is 29.4 Å². The summed E-state index contributed by atoms with van der Waals surface area (Å²) in [5.74, 6) is 0.215. The number of benzene rings is 1. The molecule has 1 aromatic rings. The lowest BCUT2D eigenvalue weighted by Gasteiger charge is -2.21. The smallest absolute Gasteiger partial charge is 0.247 e. The minimum atomic E-state index is 0.215. The molecule has 80 valence electrons. The van der Waals surface area contributed by atoms with E-state index in [2.05, 4.69) is 30.9 Å². The summed E-state index contributed by atoms with van der Waals surface area (Å²) in [5, 5.41) is 0. The van der Waals surface area contributed by atoms with Crippen LogP contribution in [0.1, 0.15) is 13.8 Å². The van der Waals surface area contributed by atoms with Crippen molar-refractivity contribution in [3.63, 3.8) is 0 Å². The minimum Gasteiger partial charge on any atom is -0.372 e. The van der Waals surface area contributed by atoms with E-state index >= 15 is 0 Å². The van der Waals surface area contributed by atoms with Crippen molar-refractivity contribution in [1.82, 2.24) is 0 Å². The van der Waals surface area contributed by atoms with Gasteiger partial charge >= 0.3 is 0 Å². The highest BCUT2D eigenvalue weighted by Gasteiger charge is 2.31. The van der Waals surface area contributed by atoms with E-state index in [9.17, 15) is 4.79 Å². The first-order valence-electron chi connectivity index (χ1n) is 5.41. The third-order valence-electron chi connectivity index (χ3n) is 2.76. The molecular formula is C12H16N2O. The number of amides is 1. The first-order valence-corrected chi connectivity index (χ1v) is 5.41. The molecule has 3 nitrogen and oxygen atoms in total. The average Bonchev–Trinajstić information content (AvgIpc) is 2.98. The number of carbonyl (C=O) groups is 1. The highest BCUT2D eigenvalue weighted by molar-refractivity contribution is 6.12. The van der Waals surface area contributed by atoms with Gasteiger partial charge in [0.05, 0.1) is 0 Å². The Morgan fingerprint density at radius 1 is 1.33 bits per heavy atom. The summed E-state index contributed by atoms with van der Waals surface area (Å²) in [7, 11) is 0. The quantitative estimate of drug-likeness (QED) is 0.699. The predicted molar refractivity (Wildman–Crippen MR) is 62.4 cm³/mol. The molecule has 0 radical (unpaired) electrons. The Bertz CT molecular complexity index is 372. The van der Waals surface area contributed by atoms with Crippen molar-refractivity contribution in [2.45, 2.75) is 13.8 Å². The molecule has 3 heteroatoms. The Kier molecular flexibility index (Phi) is 2.62. The fourth-order valence-corrected chi connectivity index (χ4v) is 1.78. The summed E-state index contributed by atoms with van der Waals surface area (Å²) in [6.45, 7) is 6.83. The van der Waals surface area contributed by atoms with Gasteiger partial charge in [-0.05, 0) is 32.0 Å². The van der Waals surface area contributed by atoms with E-state index in [0.29, 0.717) is 6.54 Å². The number of hydrogen-bond donors (Lipinski definition) is 0. The third kappa shape index (κ3) is 1.96. The number of rotatable bonds is 4. The Labute approximate surface area is 90.3 Å². The summed E-state index contributed by atoms with van der Waals surface area (Å²) in [6, 6.07) is 8.16. The van der Waals surface area contributed by atoms with E-state index in [1.165, 1.54) is 5.69 Å². The second-order valence-electron chi connectivity index (χ2n) is 3.67. The standard InChI is InChI=1S/C12H16N2O/c1-3-13(4-2)10-6-5-7-11(8-10)14-9-12(14)15/h5-8H,3-4,9H2,1-2H3.